The zero-order chi connectivity index (χ0) is 15.7. The molecule has 0 spiro atoms. The van der Waals surface area contributed by atoms with Crippen molar-refractivity contribution >= 4 is 12.1 Å². The van der Waals surface area contributed by atoms with E-state index in [0.717, 1.165) is 5.56 Å². The van der Waals surface area contributed by atoms with Gasteiger partial charge in [-0.1, -0.05) is 30.3 Å². The number of amides is 1. The quantitative estimate of drug-likeness (QED) is 0.852. The van der Waals surface area contributed by atoms with Crippen LogP contribution in [0.15, 0.2) is 30.3 Å². The Morgan fingerprint density at radius 1 is 1.23 bits per heavy atom. The van der Waals surface area contributed by atoms with Crippen LogP contribution in [0.4, 0.5) is 4.79 Å². The molecule has 0 aliphatic carbocycles. The molecular weight excluding hydrogens is 286 g/mol. The number of esters is 1. The van der Waals surface area contributed by atoms with E-state index in [9.17, 15) is 14.7 Å². The van der Waals surface area contributed by atoms with Crippen molar-refractivity contribution in [2.24, 2.45) is 5.92 Å². The average Bonchev–Trinajstić information content (AvgIpc) is 3.07. The Hall–Kier alpha value is -2.08. The highest BCUT2D eigenvalue weighted by Crippen LogP contribution is 2.42. The molecule has 2 fully saturated rings. The van der Waals surface area contributed by atoms with Crippen LogP contribution in [-0.2, 0) is 20.9 Å². The van der Waals surface area contributed by atoms with Crippen molar-refractivity contribution in [3.63, 3.8) is 0 Å². The Bertz CT molecular complexity index is 561. The van der Waals surface area contributed by atoms with Gasteiger partial charge in [-0.05, 0) is 18.4 Å². The van der Waals surface area contributed by atoms with Gasteiger partial charge >= 0.3 is 12.1 Å². The summed E-state index contributed by atoms with van der Waals surface area (Å²) in [5.74, 6) is -0.706. The maximum Gasteiger partial charge on any atom is 0.410 e. The molecular formula is C16H19NO5. The number of aliphatic hydroxyl groups excluding tert-OH is 1. The first-order valence-corrected chi connectivity index (χ1v) is 7.36. The van der Waals surface area contributed by atoms with E-state index in [-0.39, 0.29) is 30.6 Å². The predicted molar refractivity (Wildman–Crippen MR) is 76.8 cm³/mol. The SMILES string of the molecule is COC(=O)C1CC2C(O)CC1N2C(=O)OCc1ccccc1. The molecule has 1 aromatic rings. The van der Waals surface area contributed by atoms with Crippen molar-refractivity contribution in [1.29, 1.82) is 0 Å². The van der Waals surface area contributed by atoms with E-state index >= 15 is 0 Å². The number of hydrogen-bond acceptors (Lipinski definition) is 5. The van der Waals surface area contributed by atoms with E-state index in [2.05, 4.69) is 0 Å². The normalized spacial score (nSPS) is 29.5. The minimum atomic E-state index is -0.602. The fraction of sp³-hybridized carbons (Fsp3) is 0.500. The fourth-order valence-electron chi connectivity index (χ4n) is 3.46. The number of nitrogens with zero attached hydrogens (tertiary/aromatic N) is 1. The van der Waals surface area contributed by atoms with Crippen molar-refractivity contribution in [3.8, 4) is 0 Å². The summed E-state index contributed by atoms with van der Waals surface area (Å²) in [6.07, 6.45) is -0.263. The van der Waals surface area contributed by atoms with E-state index in [1.165, 1.54) is 12.0 Å². The van der Waals surface area contributed by atoms with Crippen LogP contribution in [-0.4, -0.2) is 47.4 Å². The molecule has 2 heterocycles. The highest BCUT2D eigenvalue weighted by atomic mass is 16.6. The van der Waals surface area contributed by atoms with Crippen molar-refractivity contribution in [2.75, 3.05) is 7.11 Å². The Kier molecular flexibility index (Phi) is 4.02. The molecule has 118 valence electrons. The van der Waals surface area contributed by atoms with Crippen LogP contribution < -0.4 is 0 Å². The summed E-state index contributed by atoms with van der Waals surface area (Å²) in [5, 5.41) is 9.99. The summed E-state index contributed by atoms with van der Waals surface area (Å²) in [5.41, 5.74) is 0.896. The summed E-state index contributed by atoms with van der Waals surface area (Å²) in [7, 11) is 1.34. The number of carbonyl (C=O) groups is 2. The molecule has 6 heteroatoms. The molecule has 1 amide bonds. The van der Waals surface area contributed by atoms with Gasteiger partial charge in [0, 0.05) is 0 Å². The molecule has 22 heavy (non-hydrogen) atoms. The zero-order valence-corrected chi connectivity index (χ0v) is 12.3. The van der Waals surface area contributed by atoms with E-state index in [4.69, 9.17) is 9.47 Å². The van der Waals surface area contributed by atoms with Crippen LogP contribution in [0.1, 0.15) is 18.4 Å². The molecule has 2 bridgehead atoms. The molecule has 2 aliphatic rings. The van der Waals surface area contributed by atoms with Crippen LogP contribution in [0, 0.1) is 5.92 Å². The predicted octanol–water partition coefficient (Wildman–Crippen LogP) is 1.32. The molecule has 2 aliphatic heterocycles. The van der Waals surface area contributed by atoms with E-state index < -0.39 is 12.2 Å². The Morgan fingerprint density at radius 3 is 2.64 bits per heavy atom. The van der Waals surface area contributed by atoms with Crippen LogP contribution >= 0.6 is 0 Å². The first-order valence-electron chi connectivity index (χ1n) is 7.36. The summed E-state index contributed by atoms with van der Waals surface area (Å²) >= 11 is 0. The molecule has 2 saturated heterocycles. The standard InChI is InChI=1S/C16H19NO5/c1-21-15(19)11-7-13-14(18)8-12(11)17(13)16(20)22-9-10-5-3-2-4-6-10/h2-6,11-14,18H,7-9H2,1H3. The largest absolute Gasteiger partial charge is 0.469 e. The fourth-order valence-corrected chi connectivity index (χ4v) is 3.46. The van der Waals surface area contributed by atoms with Gasteiger partial charge in [-0.15, -0.1) is 0 Å². The van der Waals surface area contributed by atoms with E-state index in [1.54, 1.807) is 0 Å². The monoisotopic (exact) mass is 305 g/mol. The van der Waals surface area contributed by atoms with Gasteiger partial charge in [0.2, 0.25) is 0 Å². The van der Waals surface area contributed by atoms with Gasteiger partial charge < -0.3 is 14.6 Å². The molecule has 0 radical (unpaired) electrons. The second-order valence-corrected chi connectivity index (χ2v) is 5.75. The first-order chi connectivity index (χ1) is 10.6. The number of ether oxygens (including phenoxy) is 2. The van der Waals surface area contributed by atoms with Crippen molar-refractivity contribution in [1.82, 2.24) is 4.90 Å². The summed E-state index contributed by atoms with van der Waals surface area (Å²) < 4.78 is 10.1. The minimum Gasteiger partial charge on any atom is -0.469 e. The van der Waals surface area contributed by atoms with Crippen molar-refractivity contribution in [2.45, 2.75) is 37.6 Å². The van der Waals surface area contributed by atoms with Crippen molar-refractivity contribution < 1.29 is 24.2 Å². The van der Waals surface area contributed by atoms with Crippen LogP contribution in [0.3, 0.4) is 0 Å². The van der Waals surface area contributed by atoms with Crippen LogP contribution in [0.2, 0.25) is 0 Å². The van der Waals surface area contributed by atoms with E-state index in [1.807, 2.05) is 30.3 Å². The maximum atomic E-state index is 12.3. The Balaban J connectivity index is 1.66. The van der Waals surface area contributed by atoms with Gasteiger partial charge in [-0.2, -0.15) is 0 Å². The van der Waals surface area contributed by atoms with Gasteiger partial charge in [0.05, 0.1) is 31.2 Å². The lowest BCUT2D eigenvalue weighted by molar-refractivity contribution is -0.146. The van der Waals surface area contributed by atoms with Gasteiger partial charge in [-0.3, -0.25) is 9.69 Å². The third kappa shape index (κ3) is 2.54. The van der Waals surface area contributed by atoms with Gasteiger partial charge in [0.25, 0.3) is 0 Å². The maximum absolute atomic E-state index is 12.3. The first kappa shape index (κ1) is 14.8. The highest BCUT2D eigenvalue weighted by molar-refractivity contribution is 5.77. The number of carbonyl (C=O) groups excluding carboxylic acids is 2. The topological polar surface area (TPSA) is 76.1 Å². The molecule has 4 unspecified atom stereocenters. The number of aliphatic hydroxyl groups is 1. The molecule has 4 atom stereocenters. The second-order valence-electron chi connectivity index (χ2n) is 5.75. The van der Waals surface area contributed by atoms with Gasteiger partial charge in [0.15, 0.2) is 0 Å². The van der Waals surface area contributed by atoms with Gasteiger partial charge in [-0.25, -0.2) is 4.79 Å². The van der Waals surface area contributed by atoms with Crippen LogP contribution in [0.25, 0.3) is 0 Å². The number of rotatable bonds is 3. The third-order valence-electron chi connectivity index (χ3n) is 4.52. The highest BCUT2D eigenvalue weighted by Gasteiger charge is 2.56. The zero-order valence-electron chi connectivity index (χ0n) is 12.3. The summed E-state index contributed by atoms with van der Waals surface area (Å²) in [6, 6.07) is 8.69. The number of methoxy groups -OCH3 is 1. The summed E-state index contributed by atoms with van der Waals surface area (Å²) in [4.78, 5) is 25.6. The summed E-state index contributed by atoms with van der Waals surface area (Å²) in [6.45, 7) is 0.175. The van der Waals surface area contributed by atoms with Crippen molar-refractivity contribution in [3.05, 3.63) is 35.9 Å². The molecule has 1 N–H and O–H groups in total. The molecule has 3 rings (SSSR count). The lowest BCUT2D eigenvalue weighted by atomic mass is 9.87. The Labute approximate surface area is 128 Å². The lowest BCUT2D eigenvalue weighted by Gasteiger charge is -2.22. The molecule has 1 aromatic carbocycles. The smallest absolute Gasteiger partial charge is 0.410 e. The Morgan fingerprint density at radius 2 is 1.95 bits per heavy atom. The lowest BCUT2D eigenvalue weighted by Crippen LogP contribution is -2.38. The molecule has 6 nitrogen and oxygen atoms in total. The number of hydrogen-bond donors (Lipinski definition) is 1. The minimum absolute atomic E-state index is 0.175. The average molecular weight is 305 g/mol. The number of benzene rings is 1. The second kappa shape index (κ2) is 5.96. The van der Waals surface area contributed by atoms with Gasteiger partial charge in [0.1, 0.15) is 6.61 Å². The molecule has 0 aromatic heterocycles. The molecule has 0 saturated carbocycles. The van der Waals surface area contributed by atoms with E-state index in [0.29, 0.717) is 12.8 Å². The third-order valence-corrected chi connectivity index (χ3v) is 4.52. The van der Waals surface area contributed by atoms with Crippen LogP contribution in [0.5, 0.6) is 0 Å². The number of fused-ring (bicyclic) bond motifs is 2.